The largest absolute Gasteiger partial charge is 0.245 e. The highest BCUT2D eigenvalue weighted by Crippen LogP contribution is 2.41. The predicted octanol–water partition coefficient (Wildman–Crippen LogP) is 16.2. The van der Waals surface area contributed by atoms with Crippen LogP contribution in [-0.4, -0.2) is 19.9 Å². The Labute approximate surface area is 393 Å². The Hall–Kier alpha value is -8.86. The van der Waals surface area contributed by atoms with E-state index >= 15 is 0 Å². The van der Waals surface area contributed by atoms with Crippen molar-refractivity contribution in [2.24, 2.45) is 0 Å². The van der Waals surface area contributed by atoms with Crippen molar-refractivity contribution < 1.29 is 0 Å². The zero-order valence-corrected chi connectivity index (χ0v) is 37.3. The molecule has 0 aliphatic rings. The van der Waals surface area contributed by atoms with Crippen LogP contribution in [0.15, 0.2) is 237 Å². The van der Waals surface area contributed by atoms with Crippen molar-refractivity contribution in [3.05, 3.63) is 253 Å². The molecular formula is C64H42N4. The van der Waals surface area contributed by atoms with Crippen LogP contribution in [0.5, 0.6) is 0 Å². The topological polar surface area (TPSA) is 51.6 Å². The van der Waals surface area contributed by atoms with Gasteiger partial charge in [-0.05, 0) is 69.4 Å². The van der Waals surface area contributed by atoms with Crippen LogP contribution in [-0.2, 0) is 5.41 Å². The summed E-state index contributed by atoms with van der Waals surface area (Å²) < 4.78 is 0. The Morgan fingerprint density at radius 1 is 0.250 bits per heavy atom. The van der Waals surface area contributed by atoms with Gasteiger partial charge in [-0.15, -0.1) is 0 Å². The molecule has 13 aromatic rings. The fraction of sp³-hybridized carbons (Fsp3) is 0.0312. The van der Waals surface area contributed by atoms with E-state index in [1.54, 1.807) is 0 Å². The minimum Gasteiger partial charge on any atom is -0.245 e. The van der Waals surface area contributed by atoms with Crippen LogP contribution in [0.4, 0.5) is 0 Å². The molecule has 0 spiro atoms. The fourth-order valence-corrected chi connectivity index (χ4v) is 10.3. The second-order valence-electron chi connectivity index (χ2n) is 17.9. The first-order valence-corrected chi connectivity index (χ1v) is 23.2. The maximum atomic E-state index is 5.31. The standard InChI is InChI=1S/C64H42N4/c1-64(49-15-3-2-4-16-49,50-33-25-43(26-34-50)56-37-29-45-21-23-47-31-39-58(67-62(47)60(45)65-56)54-19-9-13-41-11-5-7-17-52(41)54)51-35-27-44(28-36-51)57-38-30-46-22-24-48-32-40-59(68-63(48)61(46)66-57)55-20-10-14-42-12-6-8-18-53(42)55/h2-40H,1H3. The molecule has 13 rings (SSSR count). The van der Waals surface area contributed by atoms with Crippen LogP contribution >= 0.6 is 0 Å². The van der Waals surface area contributed by atoms with Crippen LogP contribution in [0.1, 0.15) is 23.6 Å². The highest BCUT2D eigenvalue weighted by atomic mass is 14.8. The smallest absolute Gasteiger partial charge is 0.0972 e. The summed E-state index contributed by atoms with van der Waals surface area (Å²) in [5, 5.41) is 9.05. The average molecular weight is 867 g/mol. The molecule has 68 heavy (non-hydrogen) atoms. The minimum atomic E-state index is -0.442. The number of hydrogen-bond donors (Lipinski definition) is 0. The van der Waals surface area contributed by atoms with E-state index in [1.807, 2.05) is 0 Å². The SMILES string of the molecule is CC(c1ccccc1)(c1ccc(-c2ccc3ccc4ccc(-c5cccc6ccccc56)nc4c3n2)cc1)c1ccc(-c2ccc3ccc4ccc(-c5cccc6ccccc56)nc4c3n2)cc1. The van der Waals surface area contributed by atoms with Crippen molar-refractivity contribution in [1.82, 2.24) is 19.9 Å². The van der Waals surface area contributed by atoms with E-state index in [0.717, 1.165) is 88.6 Å². The van der Waals surface area contributed by atoms with Crippen molar-refractivity contribution >= 4 is 65.2 Å². The van der Waals surface area contributed by atoms with Gasteiger partial charge in [0.1, 0.15) is 0 Å². The average Bonchev–Trinajstić information content (AvgIpc) is 3.42. The van der Waals surface area contributed by atoms with Gasteiger partial charge in [0.25, 0.3) is 0 Å². The molecule has 0 aliphatic heterocycles. The lowest BCUT2D eigenvalue weighted by Crippen LogP contribution is -2.25. The fourth-order valence-electron chi connectivity index (χ4n) is 10.3. The van der Waals surface area contributed by atoms with Crippen molar-refractivity contribution in [3.63, 3.8) is 0 Å². The van der Waals surface area contributed by atoms with Gasteiger partial charge in [-0.3, -0.25) is 0 Å². The molecule has 0 bridgehead atoms. The lowest BCUT2D eigenvalue weighted by atomic mass is 9.71. The minimum absolute atomic E-state index is 0.442. The molecule has 0 unspecified atom stereocenters. The summed E-state index contributed by atoms with van der Waals surface area (Å²) in [5.74, 6) is 0. The number of aromatic nitrogens is 4. The summed E-state index contributed by atoms with van der Waals surface area (Å²) in [4.78, 5) is 21.2. The van der Waals surface area contributed by atoms with Gasteiger partial charge in [0, 0.05) is 49.2 Å². The van der Waals surface area contributed by atoms with Gasteiger partial charge in [0.05, 0.1) is 44.8 Å². The summed E-state index contributed by atoms with van der Waals surface area (Å²) in [6.07, 6.45) is 0. The summed E-state index contributed by atoms with van der Waals surface area (Å²) in [6.45, 7) is 2.32. The van der Waals surface area contributed by atoms with E-state index in [4.69, 9.17) is 19.9 Å². The zero-order valence-electron chi connectivity index (χ0n) is 37.3. The van der Waals surface area contributed by atoms with Gasteiger partial charge in [-0.2, -0.15) is 0 Å². The first kappa shape index (κ1) is 39.5. The summed E-state index contributed by atoms with van der Waals surface area (Å²) >= 11 is 0. The van der Waals surface area contributed by atoms with Gasteiger partial charge in [0.2, 0.25) is 0 Å². The Bertz CT molecular complexity index is 3830. The first-order valence-electron chi connectivity index (χ1n) is 23.2. The number of rotatable bonds is 7. The lowest BCUT2D eigenvalue weighted by molar-refractivity contribution is 0.693. The molecule has 0 saturated carbocycles. The third kappa shape index (κ3) is 6.60. The molecule has 318 valence electrons. The van der Waals surface area contributed by atoms with Gasteiger partial charge >= 0.3 is 0 Å². The Balaban J connectivity index is 0.849. The molecule has 0 aliphatic carbocycles. The first-order chi connectivity index (χ1) is 33.5. The highest BCUT2D eigenvalue weighted by Gasteiger charge is 2.31. The highest BCUT2D eigenvalue weighted by molar-refractivity contribution is 6.07. The maximum absolute atomic E-state index is 5.31. The summed E-state index contributed by atoms with van der Waals surface area (Å²) in [6, 6.07) is 84.2. The predicted molar refractivity (Wildman–Crippen MR) is 283 cm³/mol. The Morgan fingerprint density at radius 2 is 0.574 bits per heavy atom. The third-order valence-electron chi connectivity index (χ3n) is 14.0. The van der Waals surface area contributed by atoms with Crippen LogP contribution < -0.4 is 0 Å². The molecule has 0 atom stereocenters. The maximum Gasteiger partial charge on any atom is 0.0972 e. The molecule has 4 heteroatoms. The molecule has 4 heterocycles. The molecule has 0 amide bonds. The molecule has 9 aromatic carbocycles. The monoisotopic (exact) mass is 866 g/mol. The molecule has 4 aromatic heterocycles. The van der Waals surface area contributed by atoms with Crippen molar-refractivity contribution in [2.75, 3.05) is 0 Å². The summed E-state index contributed by atoms with van der Waals surface area (Å²) in [7, 11) is 0. The van der Waals surface area contributed by atoms with E-state index in [1.165, 1.54) is 38.2 Å². The van der Waals surface area contributed by atoms with Crippen molar-refractivity contribution in [3.8, 4) is 45.0 Å². The number of fused-ring (bicyclic) bond motifs is 8. The summed E-state index contributed by atoms with van der Waals surface area (Å²) in [5.41, 5.74) is 14.8. The van der Waals surface area contributed by atoms with E-state index in [2.05, 4.69) is 244 Å². The zero-order chi connectivity index (χ0) is 45.2. The van der Waals surface area contributed by atoms with E-state index < -0.39 is 5.41 Å². The number of pyridine rings is 4. The molecular weight excluding hydrogens is 825 g/mol. The number of nitrogens with zero attached hydrogens (tertiary/aromatic N) is 4. The van der Waals surface area contributed by atoms with Gasteiger partial charge in [-0.1, -0.05) is 212 Å². The van der Waals surface area contributed by atoms with E-state index in [0.29, 0.717) is 0 Å². The molecule has 0 radical (unpaired) electrons. The number of benzene rings is 9. The van der Waals surface area contributed by atoms with Gasteiger partial charge in [-0.25, -0.2) is 19.9 Å². The van der Waals surface area contributed by atoms with Crippen LogP contribution in [0.2, 0.25) is 0 Å². The Kier molecular flexibility index (Phi) is 9.26. The molecule has 0 fully saturated rings. The third-order valence-corrected chi connectivity index (χ3v) is 14.0. The van der Waals surface area contributed by atoms with Crippen LogP contribution in [0.3, 0.4) is 0 Å². The van der Waals surface area contributed by atoms with Crippen molar-refractivity contribution in [2.45, 2.75) is 12.3 Å². The van der Waals surface area contributed by atoms with Gasteiger partial charge < -0.3 is 0 Å². The van der Waals surface area contributed by atoms with Crippen LogP contribution in [0, 0.1) is 0 Å². The van der Waals surface area contributed by atoms with E-state index in [9.17, 15) is 0 Å². The second kappa shape index (κ2) is 15.9. The van der Waals surface area contributed by atoms with Crippen molar-refractivity contribution in [1.29, 1.82) is 0 Å². The van der Waals surface area contributed by atoms with Gasteiger partial charge in [0.15, 0.2) is 0 Å². The molecule has 4 nitrogen and oxygen atoms in total. The lowest BCUT2D eigenvalue weighted by Gasteiger charge is -2.32. The van der Waals surface area contributed by atoms with Crippen LogP contribution in [0.25, 0.3) is 110 Å². The quantitative estimate of drug-likeness (QED) is 0.118. The molecule has 0 saturated heterocycles. The number of hydrogen-bond acceptors (Lipinski definition) is 4. The second-order valence-corrected chi connectivity index (χ2v) is 17.9. The normalized spacial score (nSPS) is 11.9. The Morgan fingerprint density at radius 3 is 1.00 bits per heavy atom. The van der Waals surface area contributed by atoms with E-state index in [-0.39, 0.29) is 0 Å². The molecule has 0 N–H and O–H groups in total.